The molecule has 4 rings (SSSR count). The van der Waals surface area contributed by atoms with Gasteiger partial charge in [-0.25, -0.2) is 0 Å². The van der Waals surface area contributed by atoms with Gasteiger partial charge in [0.1, 0.15) is 0 Å². The maximum Gasteiger partial charge on any atom is 0.307 e. The third-order valence-corrected chi connectivity index (χ3v) is 7.05. The van der Waals surface area contributed by atoms with Gasteiger partial charge in [-0.15, -0.1) is 0 Å². The number of benzene rings is 1. The number of carbonyl (C=O) groups is 1. The quantitative estimate of drug-likeness (QED) is 0.387. The lowest BCUT2D eigenvalue weighted by Crippen LogP contribution is -2.32. The van der Waals surface area contributed by atoms with Gasteiger partial charge in [-0.3, -0.25) is 9.78 Å². The van der Waals surface area contributed by atoms with Crippen molar-refractivity contribution in [3.63, 3.8) is 0 Å². The van der Waals surface area contributed by atoms with Crippen LogP contribution in [-0.2, 0) is 16.0 Å². The SMILES string of the molecule is CCc1cccc(C)c1-n1c(C)cc([C@H]2[C@H](c3ccccn3)NC(=S)N2CCC(=O)OC)c1C. The molecule has 0 radical (unpaired) electrons. The van der Waals surface area contributed by atoms with E-state index in [9.17, 15) is 4.79 Å². The van der Waals surface area contributed by atoms with E-state index in [1.807, 2.05) is 18.2 Å². The maximum atomic E-state index is 12.0. The monoisotopic (exact) mass is 476 g/mol. The number of methoxy groups -OCH3 is 1. The molecule has 0 bridgehead atoms. The minimum atomic E-state index is -0.249. The summed E-state index contributed by atoms with van der Waals surface area (Å²) in [5, 5.41) is 4.10. The Morgan fingerprint density at radius 2 is 1.97 bits per heavy atom. The summed E-state index contributed by atoms with van der Waals surface area (Å²) in [7, 11) is 1.41. The van der Waals surface area contributed by atoms with Crippen molar-refractivity contribution in [2.45, 2.75) is 52.6 Å². The predicted molar refractivity (Wildman–Crippen MR) is 138 cm³/mol. The minimum Gasteiger partial charge on any atom is -0.469 e. The number of esters is 1. The first-order valence-corrected chi connectivity index (χ1v) is 12.1. The molecule has 2 atom stereocenters. The first kappa shape index (κ1) is 24.0. The molecule has 0 saturated carbocycles. The van der Waals surface area contributed by atoms with Gasteiger partial charge in [0.2, 0.25) is 0 Å². The van der Waals surface area contributed by atoms with Crippen LogP contribution in [0.2, 0.25) is 0 Å². The Hall–Kier alpha value is -3.19. The molecule has 0 aliphatic carbocycles. The number of hydrogen-bond acceptors (Lipinski definition) is 4. The highest BCUT2D eigenvalue weighted by Crippen LogP contribution is 2.42. The van der Waals surface area contributed by atoms with Gasteiger partial charge >= 0.3 is 5.97 Å². The second-order valence-electron chi connectivity index (χ2n) is 8.74. The summed E-state index contributed by atoms with van der Waals surface area (Å²) in [4.78, 5) is 18.7. The first-order chi connectivity index (χ1) is 16.4. The lowest BCUT2D eigenvalue weighted by atomic mass is 9.96. The van der Waals surface area contributed by atoms with E-state index in [0.29, 0.717) is 11.7 Å². The number of pyridine rings is 1. The number of rotatable bonds is 7. The van der Waals surface area contributed by atoms with Crippen LogP contribution in [0.15, 0.2) is 48.7 Å². The van der Waals surface area contributed by atoms with Gasteiger partial charge in [-0.2, -0.15) is 0 Å². The Kier molecular flexibility index (Phi) is 7.03. The predicted octanol–water partition coefficient (Wildman–Crippen LogP) is 4.90. The normalized spacial score (nSPS) is 17.7. The number of thiocarbonyl (C=S) groups is 1. The summed E-state index contributed by atoms with van der Waals surface area (Å²) in [5.74, 6) is -0.249. The van der Waals surface area contributed by atoms with Crippen LogP contribution in [0.4, 0.5) is 0 Å². The highest BCUT2D eigenvalue weighted by molar-refractivity contribution is 7.80. The van der Waals surface area contributed by atoms with Crippen LogP contribution in [0.1, 0.15) is 59.2 Å². The number of nitrogens with one attached hydrogen (secondary N) is 1. The fraction of sp³-hybridized carbons (Fsp3) is 0.370. The van der Waals surface area contributed by atoms with Crippen molar-refractivity contribution in [1.82, 2.24) is 19.8 Å². The summed E-state index contributed by atoms with van der Waals surface area (Å²) < 4.78 is 7.26. The lowest BCUT2D eigenvalue weighted by molar-refractivity contribution is -0.140. The Labute approximate surface area is 207 Å². The van der Waals surface area contributed by atoms with Crippen LogP contribution < -0.4 is 5.32 Å². The molecule has 2 aromatic heterocycles. The van der Waals surface area contributed by atoms with Crippen LogP contribution >= 0.6 is 12.2 Å². The summed E-state index contributed by atoms with van der Waals surface area (Å²) in [6.45, 7) is 9.15. The number of ether oxygens (including phenoxy) is 1. The molecule has 1 fully saturated rings. The molecule has 0 amide bonds. The smallest absolute Gasteiger partial charge is 0.307 e. The molecular formula is C27H32N4O2S. The zero-order valence-corrected chi connectivity index (χ0v) is 21.3. The van der Waals surface area contributed by atoms with Crippen LogP contribution in [0.3, 0.4) is 0 Å². The van der Waals surface area contributed by atoms with Crippen molar-refractivity contribution in [2.24, 2.45) is 0 Å². The van der Waals surface area contributed by atoms with Crippen molar-refractivity contribution in [3.8, 4) is 5.69 Å². The maximum absolute atomic E-state index is 12.0. The standard InChI is InChI=1S/C27H32N4O2S/c1-6-20-11-9-10-17(2)25(20)31-18(3)16-21(19(31)4)26-24(22-12-7-8-14-28-22)29-27(34)30(26)15-13-23(32)33-5/h7-12,14,16,24,26H,6,13,15H2,1-5H3,(H,29,34)/t24-,26-/m0/s1. The third kappa shape index (κ3) is 4.32. The Morgan fingerprint density at radius 3 is 2.65 bits per heavy atom. The molecule has 1 aromatic carbocycles. The van der Waals surface area contributed by atoms with E-state index in [1.54, 1.807) is 6.20 Å². The van der Waals surface area contributed by atoms with E-state index >= 15 is 0 Å². The van der Waals surface area contributed by atoms with Crippen LogP contribution in [-0.4, -0.2) is 39.2 Å². The van der Waals surface area contributed by atoms with Crippen LogP contribution in [0.25, 0.3) is 5.69 Å². The highest BCUT2D eigenvalue weighted by atomic mass is 32.1. The average molecular weight is 477 g/mol. The molecule has 1 N–H and O–H groups in total. The zero-order valence-electron chi connectivity index (χ0n) is 20.5. The molecule has 0 unspecified atom stereocenters. The van der Waals surface area contributed by atoms with E-state index < -0.39 is 0 Å². The fourth-order valence-electron chi connectivity index (χ4n) is 5.05. The van der Waals surface area contributed by atoms with E-state index in [-0.39, 0.29) is 24.5 Å². The minimum absolute atomic E-state index is 0.0962. The molecule has 1 saturated heterocycles. The van der Waals surface area contributed by atoms with Gasteiger partial charge < -0.3 is 19.5 Å². The molecule has 1 aliphatic rings. The van der Waals surface area contributed by atoms with Gasteiger partial charge in [-0.1, -0.05) is 31.2 Å². The van der Waals surface area contributed by atoms with E-state index in [1.165, 1.54) is 40.9 Å². The molecular weight excluding hydrogens is 444 g/mol. The highest BCUT2D eigenvalue weighted by Gasteiger charge is 2.41. The van der Waals surface area contributed by atoms with Gasteiger partial charge in [0.25, 0.3) is 0 Å². The van der Waals surface area contributed by atoms with Gasteiger partial charge in [0.05, 0.1) is 37.0 Å². The van der Waals surface area contributed by atoms with Crippen molar-refractivity contribution in [2.75, 3.05) is 13.7 Å². The van der Waals surface area contributed by atoms with Crippen LogP contribution in [0.5, 0.6) is 0 Å². The molecule has 34 heavy (non-hydrogen) atoms. The average Bonchev–Trinajstić information content (AvgIpc) is 3.32. The number of para-hydroxylation sites is 1. The van der Waals surface area contributed by atoms with E-state index in [4.69, 9.17) is 17.0 Å². The Balaban J connectivity index is 1.84. The first-order valence-electron chi connectivity index (χ1n) is 11.7. The van der Waals surface area contributed by atoms with Crippen LogP contribution in [0, 0.1) is 20.8 Å². The molecule has 6 nitrogen and oxygen atoms in total. The van der Waals surface area contributed by atoms with Crippen molar-refractivity contribution in [1.29, 1.82) is 0 Å². The topological polar surface area (TPSA) is 59.4 Å². The lowest BCUT2D eigenvalue weighted by Gasteiger charge is -2.28. The zero-order chi connectivity index (χ0) is 24.4. The van der Waals surface area contributed by atoms with Gasteiger partial charge in [0, 0.05) is 24.1 Å². The molecule has 1 aliphatic heterocycles. The molecule has 178 valence electrons. The summed E-state index contributed by atoms with van der Waals surface area (Å²) in [6.07, 6.45) is 3.03. The van der Waals surface area contributed by atoms with E-state index in [2.05, 4.69) is 71.7 Å². The molecule has 3 heterocycles. The summed E-state index contributed by atoms with van der Waals surface area (Å²) >= 11 is 5.75. The number of hydrogen-bond donors (Lipinski definition) is 1. The van der Waals surface area contributed by atoms with Gasteiger partial charge in [0.15, 0.2) is 5.11 Å². The second-order valence-corrected chi connectivity index (χ2v) is 9.13. The Morgan fingerprint density at radius 1 is 1.18 bits per heavy atom. The van der Waals surface area contributed by atoms with E-state index in [0.717, 1.165) is 12.1 Å². The largest absolute Gasteiger partial charge is 0.469 e. The van der Waals surface area contributed by atoms with Gasteiger partial charge in [-0.05, 0) is 74.3 Å². The number of nitrogens with zero attached hydrogens (tertiary/aromatic N) is 3. The van der Waals surface area contributed by atoms with Crippen molar-refractivity contribution < 1.29 is 9.53 Å². The molecule has 0 spiro atoms. The molecule has 3 aromatic rings. The van der Waals surface area contributed by atoms with Crippen molar-refractivity contribution >= 4 is 23.3 Å². The fourth-order valence-corrected chi connectivity index (χ4v) is 5.39. The van der Waals surface area contributed by atoms with Crippen molar-refractivity contribution in [3.05, 3.63) is 82.4 Å². The second kappa shape index (κ2) is 9.97. The summed E-state index contributed by atoms with van der Waals surface area (Å²) in [5.41, 5.74) is 8.24. The number of carbonyl (C=O) groups excluding carboxylic acids is 1. The third-order valence-electron chi connectivity index (χ3n) is 6.70. The molecule has 7 heteroatoms. The number of aryl methyl sites for hydroxylation is 3. The Bertz CT molecular complexity index is 1200. The summed E-state index contributed by atoms with van der Waals surface area (Å²) in [6, 6.07) is 14.4. The number of aromatic nitrogens is 2.